The van der Waals surface area contributed by atoms with Gasteiger partial charge in [0.15, 0.2) is 11.5 Å². The minimum Gasteiger partial charge on any atom is -0.454 e. The summed E-state index contributed by atoms with van der Waals surface area (Å²) in [5.41, 5.74) is 2.85. The summed E-state index contributed by atoms with van der Waals surface area (Å²) in [4.78, 5) is 7.46. The lowest BCUT2D eigenvalue weighted by Crippen LogP contribution is -2.38. The van der Waals surface area contributed by atoms with E-state index in [-0.39, 0.29) is 12.4 Å². The average molecular weight is 394 g/mol. The van der Waals surface area contributed by atoms with E-state index in [2.05, 4.69) is 21.7 Å². The van der Waals surface area contributed by atoms with E-state index in [1.807, 2.05) is 12.1 Å². The first-order chi connectivity index (χ1) is 12.3. The van der Waals surface area contributed by atoms with E-state index in [0.29, 0.717) is 12.2 Å². The van der Waals surface area contributed by atoms with Crippen molar-refractivity contribution < 1.29 is 9.47 Å². The monoisotopic (exact) mass is 393 g/mol. The normalized spacial score (nSPS) is 21.1. The topological polar surface area (TPSA) is 46.6 Å². The van der Waals surface area contributed by atoms with Crippen molar-refractivity contribution in [1.82, 2.24) is 15.2 Å². The van der Waals surface area contributed by atoms with Crippen molar-refractivity contribution in [3.63, 3.8) is 0 Å². The van der Waals surface area contributed by atoms with Crippen molar-refractivity contribution in [2.24, 2.45) is 5.41 Å². The maximum absolute atomic E-state index is 5.48. The Labute approximate surface area is 164 Å². The van der Waals surface area contributed by atoms with Crippen LogP contribution in [0.1, 0.15) is 25.0 Å². The van der Waals surface area contributed by atoms with Crippen LogP contribution in [-0.2, 0) is 6.54 Å². The number of hydrogen-bond donors (Lipinski definition) is 1. The number of nitrogens with one attached hydrogen (secondary N) is 1. The summed E-state index contributed by atoms with van der Waals surface area (Å²) in [7, 11) is 0. The second kappa shape index (κ2) is 7.35. The Morgan fingerprint density at radius 3 is 2.88 bits per heavy atom. The SMILES string of the molecule is Cl.c1cc2c(cc1-c1nc(CN3CCC4(CCNCC4)C3)cs1)OCO2. The van der Waals surface area contributed by atoms with E-state index in [0.717, 1.165) is 28.6 Å². The lowest BCUT2D eigenvalue weighted by Gasteiger charge is -2.33. The van der Waals surface area contributed by atoms with Gasteiger partial charge in [-0.05, 0) is 62.5 Å². The zero-order valence-electron chi connectivity index (χ0n) is 14.7. The molecule has 0 radical (unpaired) electrons. The van der Waals surface area contributed by atoms with Crippen LogP contribution in [0.4, 0.5) is 0 Å². The van der Waals surface area contributed by atoms with Gasteiger partial charge in [0.25, 0.3) is 0 Å². The fourth-order valence-electron chi connectivity index (χ4n) is 4.30. The predicted molar refractivity (Wildman–Crippen MR) is 105 cm³/mol. The number of piperidine rings is 1. The fraction of sp³-hybridized carbons (Fsp3) is 0.526. The Bertz CT molecular complexity index is 776. The standard InChI is InChI=1S/C19H23N3O2S.ClH/c1-2-16-17(24-13-23-16)9-14(1)18-21-15(11-25-18)10-22-8-5-19(12-22)3-6-20-7-4-19;/h1-2,9,11,20H,3-8,10,12-13H2;1H. The maximum Gasteiger partial charge on any atom is 0.231 e. The summed E-state index contributed by atoms with van der Waals surface area (Å²) in [6.07, 6.45) is 3.99. The average Bonchev–Trinajstić information content (AvgIpc) is 3.36. The van der Waals surface area contributed by atoms with Crippen LogP contribution < -0.4 is 14.8 Å². The number of aromatic nitrogens is 1. The van der Waals surface area contributed by atoms with Gasteiger partial charge in [0, 0.05) is 24.0 Å². The highest BCUT2D eigenvalue weighted by Gasteiger charge is 2.38. The maximum atomic E-state index is 5.48. The van der Waals surface area contributed by atoms with Crippen molar-refractivity contribution in [2.75, 3.05) is 33.0 Å². The number of halogens is 1. The van der Waals surface area contributed by atoms with Crippen LogP contribution >= 0.6 is 23.7 Å². The summed E-state index contributed by atoms with van der Waals surface area (Å²) in [5, 5.41) is 6.75. The largest absolute Gasteiger partial charge is 0.454 e. The molecule has 3 aliphatic heterocycles. The smallest absolute Gasteiger partial charge is 0.231 e. The third-order valence-electron chi connectivity index (χ3n) is 5.74. The molecule has 1 spiro atoms. The van der Waals surface area contributed by atoms with Crippen molar-refractivity contribution in [3.05, 3.63) is 29.3 Å². The van der Waals surface area contributed by atoms with E-state index < -0.39 is 0 Å². The van der Waals surface area contributed by atoms with Gasteiger partial charge in [-0.15, -0.1) is 23.7 Å². The van der Waals surface area contributed by atoms with Crippen molar-refractivity contribution in [3.8, 4) is 22.1 Å². The highest BCUT2D eigenvalue weighted by molar-refractivity contribution is 7.13. The van der Waals surface area contributed by atoms with Crippen LogP contribution in [0, 0.1) is 5.41 Å². The summed E-state index contributed by atoms with van der Waals surface area (Å²) >= 11 is 1.71. The van der Waals surface area contributed by atoms with Gasteiger partial charge < -0.3 is 14.8 Å². The van der Waals surface area contributed by atoms with E-state index in [4.69, 9.17) is 14.5 Å². The number of thiazole rings is 1. The quantitative estimate of drug-likeness (QED) is 0.864. The first-order valence-electron chi connectivity index (χ1n) is 9.07. The van der Waals surface area contributed by atoms with Gasteiger partial charge in [0.05, 0.1) is 5.69 Å². The second-order valence-electron chi connectivity index (χ2n) is 7.42. The van der Waals surface area contributed by atoms with Crippen LogP contribution in [0.2, 0.25) is 0 Å². The summed E-state index contributed by atoms with van der Waals surface area (Å²) < 4.78 is 10.9. The van der Waals surface area contributed by atoms with Gasteiger partial charge in [0.1, 0.15) is 5.01 Å². The molecule has 4 heterocycles. The molecule has 0 aliphatic carbocycles. The Morgan fingerprint density at radius 2 is 2.00 bits per heavy atom. The third-order valence-corrected chi connectivity index (χ3v) is 6.68. The van der Waals surface area contributed by atoms with Crippen LogP contribution in [0.5, 0.6) is 11.5 Å². The molecule has 2 aromatic rings. The van der Waals surface area contributed by atoms with Gasteiger partial charge in [0.2, 0.25) is 6.79 Å². The van der Waals surface area contributed by atoms with E-state index >= 15 is 0 Å². The number of rotatable bonds is 3. The first kappa shape index (κ1) is 18.0. The molecule has 1 aromatic carbocycles. The molecule has 1 N–H and O–H groups in total. The highest BCUT2D eigenvalue weighted by atomic mass is 35.5. The Hall–Kier alpha value is -1.34. The third kappa shape index (κ3) is 3.43. The van der Waals surface area contributed by atoms with Gasteiger partial charge in [-0.25, -0.2) is 4.98 Å². The van der Waals surface area contributed by atoms with Crippen molar-refractivity contribution in [1.29, 1.82) is 0 Å². The zero-order chi connectivity index (χ0) is 16.7. The molecule has 0 amide bonds. The predicted octanol–water partition coefficient (Wildman–Crippen LogP) is 3.54. The second-order valence-corrected chi connectivity index (χ2v) is 8.28. The number of hydrogen-bond acceptors (Lipinski definition) is 6. The van der Waals surface area contributed by atoms with E-state index in [1.165, 1.54) is 51.1 Å². The molecule has 2 fully saturated rings. The summed E-state index contributed by atoms with van der Waals surface area (Å²) in [6, 6.07) is 6.07. The van der Waals surface area contributed by atoms with Crippen LogP contribution in [0.25, 0.3) is 10.6 Å². The van der Waals surface area contributed by atoms with E-state index in [9.17, 15) is 0 Å². The van der Waals surface area contributed by atoms with Crippen LogP contribution in [0.15, 0.2) is 23.6 Å². The lowest BCUT2D eigenvalue weighted by molar-refractivity contribution is 0.174. The molecule has 1 aromatic heterocycles. The number of nitrogens with zero attached hydrogens (tertiary/aromatic N) is 2. The molecular formula is C19H24ClN3O2S. The molecule has 0 bridgehead atoms. The van der Waals surface area contributed by atoms with Crippen LogP contribution in [0.3, 0.4) is 0 Å². The number of ether oxygens (including phenoxy) is 2. The molecule has 0 saturated carbocycles. The van der Waals surface area contributed by atoms with Crippen molar-refractivity contribution >= 4 is 23.7 Å². The first-order valence-corrected chi connectivity index (χ1v) is 9.95. The summed E-state index contributed by atoms with van der Waals surface area (Å²) in [5.74, 6) is 1.64. The lowest BCUT2D eigenvalue weighted by atomic mass is 9.78. The Balaban J connectivity index is 0.00000168. The van der Waals surface area contributed by atoms with Gasteiger partial charge in [-0.2, -0.15) is 0 Å². The Kier molecular flexibility index (Phi) is 5.10. The van der Waals surface area contributed by atoms with Gasteiger partial charge in [-0.3, -0.25) is 4.90 Å². The molecular weight excluding hydrogens is 370 g/mol. The molecule has 0 atom stereocenters. The van der Waals surface area contributed by atoms with E-state index in [1.54, 1.807) is 11.3 Å². The van der Waals surface area contributed by atoms with Gasteiger partial charge in [-0.1, -0.05) is 0 Å². The number of fused-ring (bicyclic) bond motifs is 1. The molecule has 5 nitrogen and oxygen atoms in total. The molecule has 140 valence electrons. The zero-order valence-corrected chi connectivity index (χ0v) is 16.3. The summed E-state index contributed by atoms with van der Waals surface area (Å²) in [6.45, 7) is 6.07. The molecule has 26 heavy (non-hydrogen) atoms. The molecule has 7 heteroatoms. The Morgan fingerprint density at radius 1 is 1.15 bits per heavy atom. The molecule has 5 rings (SSSR count). The number of likely N-dealkylation sites (tertiary alicyclic amines) is 1. The fourth-order valence-corrected chi connectivity index (χ4v) is 5.11. The molecule has 0 unspecified atom stereocenters. The van der Waals surface area contributed by atoms with Crippen LogP contribution in [-0.4, -0.2) is 42.9 Å². The highest BCUT2D eigenvalue weighted by Crippen LogP contribution is 2.40. The number of benzene rings is 1. The van der Waals surface area contributed by atoms with Crippen molar-refractivity contribution in [2.45, 2.75) is 25.8 Å². The minimum absolute atomic E-state index is 0. The molecule has 3 aliphatic rings. The molecule has 2 saturated heterocycles. The minimum atomic E-state index is 0. The van der Waals surface area contributed by atoms with Gasteiger partial charge >= 0.3 is 0 Å².